The highest BCUT2D eigenvalue weighted by atomic mass is 79.9. The topological polar surface area (TPSA) is 63.4 Å². The predicted octanol–water partition coefficient (Wildman–Crippen LogP) is 2.56. The standard InChI is InChI=1S/C15H17BrN2O2/c1-8-2-12-13(3-8)15(20)18(14(12)19)7-9-4-10(16)6-11(17)5-9/h4-6,8,12-13H,2-3,7,17H2,1H3. The molecule has 1 aromatic rings. The maximum absolute atomic E-state index is 12.4. The van der Waals surface area contributed by atoms with Crippen molar-refractivity contribution in [2.75, 3.05) is 5.73 Å². The number of likely N-dealkylation sites (tertiary alicyclic amines) is 1. The SMILES string of the molecule is CC1CC2C(=O)N(Cc3cc(N)cc(Br)c3)C(=O)C2C1. The van der Waals surface area contributed by atoms with Crippen LogP contribution in [-0.2, 0) is 16.1 Å². The summed E-state index contributed by atoms with van der Waals surface area (Å²) in [5.41, 5.74) is 7.30. The minimum Gasteiger partial charge on any atom is -0.399 e. The van der Waals surface area contributed by atoms with Crippen molar-refractivity contribution in [2.24, 2.45) is 17.8 Å². The molecule has 1 aliphatic heterocycles. The Bertz CT molecular complexity index is 543. The van der Waals surface area contributed by atoms with Gasteiger partial charge in [-0.1, -0.05) is 22.9 Å². The van der Waals surface area contributed by atoms with Crippen molar-refractivity contribution >= 4 is 33.4 Å². The first kappa shape index (κ1) is 13.6. The van der Waals surface area contributed by atoms with Crippen LogP contribution in [0.25, 0.3) is 0 Å². The summed E-state index contributed by atoms with van der Waals surface area (Å²) in [5, 5.41) is 0. The third-order valence-corrected chi connectivity index (χ3v) is 4.74. The van der Waals surface area contributed by atoms with Crippen molar-refractivity contribution < 1.29 is 9.59 Å². The van der Waals surface area contributed by atoms with Gasteiger partial charge < -0.3 is 5.73 Å². The molecule has 1 saturated carbocycles. The molecule has 0 radical (unpaired) electrons. The van der Waals surface area contributed by atoms with Gasteiger partial charge in [0.1, 0.15) is 0 Å². The van der Waals surface area contributed by atoms with Gasteiger partial charge in [0.25, 0.3) is 0 Å². The van der Waals surface area contributed by atoms with Crippen LogP contribution in [0.5, 0.6) is 0 Å². The largest absolute Gasteiger partial charge is 0.399 e. The van der Waals surface area contributed by atoms with Gasteiger partial charge in [0, 0.05) is 10.2 Å². The lowest BCUT2D eigenvalue weighted by Crippen LogP contribution is -2.31. The fourth-order valence-electron chi connectivity index (χ4n) is 3.45. The smallest absolute Gasteiger partial charge is 0.233 e. The third kappa shape index (κ3) is 2.24. The normalized spacial score (nSPS) is 29.1. The summed E-state index contributed by atoms with van der Waals surface area (Å²) in [7, 11) is 0. The minimum absolute atomic E-state index is 0.0112. The second kappa shape index (κ2) is 4.88. The fraction of sp³-hybridized carbons (Fsp3) is 0.467. The molecule has 2 unspecified atom stereocenters. The number of nitrogens with two attached hydrogens (primary N) is 1. The molecule has 2 aliphatic rings. The molecule has 1 heterocycles. The Morgan fingerprint density at radius 3 is 2.35 bits per heavy atom. The van der Waals surface area contributed by atoms with E-state index in [1.807, 2.05) is 12.1 Å². The molecule has 1 saturated heterocycles. The second-order valence-electron chi connectivity index (χ2n) is 5.94. The Balaban J connectivity index is 1.82. The Morgan fingerprint density at radius 2 is 1.80 bits per heavy atom. The molecular weight excluding hydrogens is 320 g/mol. The van der Waals surface area contributed by atoms with Gasteiger partial charge in [-0.25, -0.2) is 0 Å². The number of anilines is 1. The quantitative estimate of drug-likeness (QED) is 0.666. The summed E-state index contributed by atoms with van der Waals surface area (Å²) >= 11 is 3.38. The highest BCUT2D eigenvalue weighted by molar-refractivity contribution is 9.10. The van der Waals surface area contributed by atoms with Crippen molar-refractivity contribution in [3.8, 4) is 0 Å². The number of hydrogen-bond donors (Lipinski definition) is 1. The number of hydrogen-bond acceptors (Lipinski definition) is 3. The number of imide groups is 1. The molecular formula is C15H17BrN2O2. The Labute approximate surface area is 126 Å². The number of nitrogens with zero attached hydrogens (tertiary/aromatic N) is 1. The lowest BCUT2D eigenvalue weighted by Gasteiger charge is -2.17. The number of nitrogen functional groups attached to an aromatic ring is 1. The van der Waals surface area contributed by atoms with Gasteiger partial charge in [-0.15, -0.1) is 0 Å². The maximum atomic E-state index is 12.4. The van der Waals surface area contributed by atoms with Crippen molar-refractivity contribution in [1.82, 2.24) is 4.90 Å². The zero-order valence-corrected chi connectivity index (χ0v) is 12.9. The monoisotopic (exact) mass is 336 g/mol. The van der Waals surface area contributed by atoms with E-state index in [0.717, 1.165) is 22.9 Å². The molecule has 4 nitrogen and oxygen atoms in total. The highest BCUT2D eigenvalue weighted by Crippen LogP contribution is 2.43. The lowest BCUT2D eigenvalue weighted by atomic mass is 10.00. The number of amides is 2. The van der Waals surface area contributed by atoms with Crippen LogP contribution in [-0.4, -0.2) is 16.7 Å². The van der Waals surface area contributed by atoms with Gasteiger partial charge in [0.05, 0.1) is 18.4 Å². The van der Waals surface area contributed by atoms with Crippen molar-refractivity contribution in [1.29, 1.82) is 0 Å². The summed E-state index contributed by atoms with van der Waals surface area (Å²) in [5.74, 6) is 0.261. The van der Waals surface area contributed by atoms with E-state index in [1.54, 1.807) is 6.07 Å². The van der Waals surface area contributed by atoms with Crippen molar-refractivity contribution in [3.05, 3.63) is 28.2 Å². The van der Waals surface area contributed by atoms with Crippen LogP contribution in [0.1, 0.15) is 25.3 Å². The van der Waals surface area contributed by atoms with Gasteiger partial charge in [0.2, 0.25) is 11.8 Å². The minimum atomic E-state index is -0.0954. The molecule has 2 amide bonds. The van der Waals surface area contributed by atoms with E-state index < -0.39 is 0 Å². The van der Waals surface area contributed by atoms with Gasteiger partial charge >= 0.3 is 0 Å². The number of rotatable bonds is 2. The van der Waals surface area contributed by atoms with E-state index >= 15 is 0 Å². The second-order valence-corrected chi connectivity index (χ2v) is 6.86. The Hall–Kier alpha value is -1.36. The van der Waals surface area contributed by atoms with Crippen molar-refractivity contribution in [2.45, 2.75) is 26.3 Å². The number of benzene rings is 1. The highest BCUT2D eigenvalue weighted by Gasteiger charge is 2.51. The first-order valence-electron chi connectivity index (χ1n) is 6.86. The van der Waals surface area contributed by atoms with Gasteiger partial charge in [-0.3, -0.25) is 14.5 Å². The predicted molar refractivity (Wildman–Crippen MR) is 79.5 cm³/mol. The molecule has 20 heavy (non-hydrogen) atoms. The number of fused-ring (bicyclic) bond motifs is 1. The van der Waals surface area contributed by atoms with Crippen molar-refractivity contribution in [3.63, 3.8) is 0 Å². The molecule has 0 aromatic heterocycles. The van der Waals surface area contributed by atoms with Crippen LogP contribution in [0.4, 0.5) is 5.69 Å². The van der Waals surface area contributed by atoms with E-state index in [0.29, 0.717) is 18.2 Å². The average molecular weight is 337 g/mol. The summed E-state index contributed by atoms with van der Waals surface area (Å²) < 4.78 is 0.861. The van der Waals surface area contributed by atoms with Gasteiger partial charge in [-0.05, 0) is 42.5 Å². The summed E-state index contributed by atoms with van der Waals surface area (Å²) in [4.78, 5) is 26.2. The van der Waals surface area contributed by atoms with Crippen LogP contribution >= 0.6 is 15.9 Å². The molecule has 3 rings (SSSR count). The summed E-state index contributed by atoms with van der Waals surface area (Å²) in [6.07, 6.45) is 1.68. The molecule has 0 spiro atoms. The fourth-order valence-corrected chi connectivity index (χ4v) is 4.01. The zero-order chi connectivity index (χ0) is 14.4. The first-order valence-corrected chi connectivity index (χ1v) is 7.65. The number of halogens is 1. The summed E-state index contributed by atoms with van der Waals surface area (Å²) in [6.45, 7) is 2.43. The molecule has 2 fully saturated rings. The average Bonchev–Trinajstić information content (AvgIpc) is 2.83. The van der Waals surface area contributed by atoms with Crippen LogP contribution in [0.3, 0.4) is 0 Å². The van der Waals surface area contributed by atoms with E-state index in [9.17, 15) is 9.59 Å². The number of carbonyl (C=O) groups excluding carboxylic acids is 2. The van der Waals surface area contributed by atoms with Gasteiger partial charge in [-0.2, -0.15) is 0 Å². The van der Waals surface area contributed by atoms with Crippen LogP contribution in [0, 0.1) is 17.8 Å². The number of carbonyl (C=O) groups is 2. The Kier molecular flexibility index (Phi) is 3.32. The van der Waals surface area contributed by atoms with Gasteiger partial charge in [0.15, 0.2) is 0 Å². The molecule has 0 bridgehead atoms. The van der Waals surface area contributed by atoms with E-state index in [-0.39, 0.29) is 23.7 Å². The molecule has 106 valence electrons. The van der Waals surface area contributed by atoms with E-state index in [4.69, 9.17) is 5.73 Å². The lowest BCUT2D eigenvalue weighted by molar-refractivity contribution is -0.141. The zero-order valence-electron chi connectivity index (χ0n) is 11.3. The van der Waals surface area contributed by atoms with E-state index in [1.165, 1.54) is 4.90 Å². The molecule has 5 heteroatoms. The first-order chi connectivity index (χ1) is 9.45. The van der Waals surface area contributed by atoms with Crippen LogP contribution in [0.2, 0.25) is 0 Å². The third-order valence-electron chi connectivity index (χ3n) is 4.29. The van der Waals surface area contributed by atoms with E-state index in [2.05, 4.69) is 22.9 Å². The van der Waals surface area contributed by atoms with Crippen LogP contribution in [0.15, 0.2) is 22.7 Å². The maximum Gasteiger partial charge on any atom is 0.233 e. The Morgan fingerprint density at radius 1 is 1.20 bits per heavy atom. The molecule has 2 N–H and O–H groups in total. The molecule has 1 aromatic carbocycles. The molecule has 2 atom stereocenters. The summed E-state index contributed by atoms with van der Waals surface area (Å²) in [6, 6.07) is 5.50. The van der Waals surface area contributed by atoms with Crippen LogP contribution < -0.4 is 5.73 Å². The molecule has 1 aliphatic carbocycles.